The second kappa shape index (κ2) is 7.43. The lowest BCUT2D eigenvalue weighted by Gasteiger charge is -2.28. The molecule has 2 fully saturated rings. The summed E-state index contributed by atoms with van der Waals surface area (Å²) in [5.74, 6) is -0.0161. The van der Waals surface area contributed by atoms with Gasteiger partial charge < -0.3 is 10.2 Å². The Morgan fingerprint density at radius 2 is 1.76 bits per heavy atom. The molecule has 0 aliphatic carbocycles. The zero-order valence-electron chi connectivity index (χ0n) is 15.0. The number of anilines is 1. The Morgan fingerprint density at radius 1 is 1.12 bits per heavy atom. The minimum Gasteiger partial charge on any atom is -0.326 e. The summed E-state index contributed by atoms with van der Waals surface area (Å²) in [6.45, 7) is 4.79. The number of carbonyl (C=O) groups excluding carboxylic acids is 1. The van der Waals surface area contributed by atoms with Crippen molar-refractivity contribution in [1.82, 2.24) is 9.21 Å². The highest BCUT2D eigenvalue weighted by Gasteiger charge is 2.29. The molecule has 0 spiro atoms. The number of carbonyl (C=O) groups is 1. The average Bonchev–Trinajstić information content (AvgIpc) is 3.12. The standard InChI is InChI=1S/C18H27N3O3S/c1-14-5-6-16(19-18(22)15-7-11-20(2)12-8-15)13-17(14)25(23,24)21-9-3-4-10-21/h5-6,13,15H,3-4,7-12H2,1-2H3,(H,19,22). The number of likely N-dealkylation sites (tertiary alicyclic amines) is 1. The predicted octanol–water partition coefficient (Wildman–Crippen LogP) is 2.06. The molecule has 2 heterocycles. The number of piperidine rings is 1. The van der Waals surface area contributed by atoms with Crippen LogP contribution in [0.25, 0.3) is 0 Å². The lowest BCUT2D eigenvalue weighted by atomic mass is 9.96. The van der Waals surface area contributed by atoms with Gasteiger partial charge in [0.05, 0.1) is 4.90 Å². The number of aryl methyl sites for hydroxylation is 1. The monoisotopic (exact) mass is 365 g/mol. The fourth-order valence-electron chi connectivity index (χ4n) is 3.54. The van der Waals surface area contributed by atoms with Crippen LogP contribution in [0, 0.1) is 12.8 Å². The van der Waals surface area contributed by atoms with Crippen LogP contribution in [-0.4, -0.2) is 56.8 Å². The molecule has 1 amide bonds. The summed E-state index contributed by atoms with van der Waals surface area (Å²) < 4.78 is 27.2. The van der Waals surface area contributed by atoms with Gasteiger partial charge in [-0.1, -0.05) is 6.07 Å². The van der Waals surface area contributed by atoms with E-state index >= 15 is 0 Å². The van der Waals surface area contributed by atoms with Crippen LogP contribution in [0.3, 0.4) is 0 Å². The van der Waals surface area contributed by atoms with E-state index in [2.05, 4.69) is 17.3 Å². The molecule has 0 radical (unpaired) electrons. The molecule has 0 unspecified atom stereocenters. The molecule has 2 aliphatic heterocycles. The van der Waals surface area contributed by atoms with Gasteiger partial charge in [-0.3, -0.25) is 4.79 Å². The molecule has 138 valence electrons. The summed E-state index contributed by atoms with van der Waals surface area (Å²) in [5, 5.41) is 2.92. The fraction of sp³-hybridized carbons (Fsp3) is 0.611. The zero-order valence-corrected chi connectivity index (χ0v) is 15.8. The third kappa shape index (κ3) is 4.04. The van der Waals surface area contributed by atoms with E-state index in [4.69, 9.17) is 0 Å². The van der Waals surface area contributed by atoms with Crippen molar-refractivity contribution < 1.29 is 13.2 Å². The topological polar surface area (TPSA) is 69.7 Å². The molecule has 1 aromatic carbocycles. The Kier molecular flexibility index (Phi) is 5.46. The van der Waals surface area contributed by atoms with E-state index in [1.807, 2.05) is 0 Å². The fourth-order valence-corrected chi connectivity index (χ4v) is 5.31. The maximum Gasteiger partial charge on any atom is 0.243 e. The highest BCUT2D eigenvalue weighted by Crippen LogP contribution is 2.27. The van der Waals surface area contributed by atoms with Gasteiger partial charge in [0.25, 0.3) is 0 Å². The molecule has 7 heteroatoms. The molecule has 2 saturated heterocycles. The maximum atomic E-state index is 12.8. The first kappa shape index (κ1) is 18.4. The Bertz CT molecular complexity index is 734. The van der Waals surface area contributed by atoms with Crippen molar-refractivity contribution in [2.75, 3.05) is 38.5 Å². The van der Waals surface area contributed by atoms with Crippen LogP contribution in [0.1, 0.15) is 31.2 Å². The number of sulfonamides is 1. The van der Waals surface area contributed by atoms with E-state index in [1.54, 1.807) is 25.1 Å². The quantitative estimate of drug-likeness (QED) is 0.887. The average molecular weight is 365 g/mol. The molecule has 3 rings (SSSR count). The first-order valence-electron chi connectivity index (χ1n) is 8.98. The van der Waals surface area contributed by atoms with Crippen molar-refractivity contribution in [3.63, 3.8) is 0 Å². The van der Waals surface area contributed by atoms with Crippen molar-refractivity contribution in [1.29, 1.82) is 0 Å². The summed E-state index contributed by atoms with van der Waals surface area (Å²) in [7, 11) is -1.43. The number of hydrogen-bond donors (Lipinski definition) is 1. The van der Waals surface area contributed by atoms with Crippen molar-refractivity contribution in [3.05, 3.63) is 23.8 Å². The number of amides is 1. The van der Waals surface area contributed by atoms with Gasteiger partial charge in [0.15, 0.2) is 0 Å². The second-order valence-corrected chi connectivity index (χ2v) is 9.06. The Hall–Kier alpha value is -1.44. The molecule has 2 aliphatic rings. The van der Waals surface area contributed by atoms with Crippen molar-refractivity contribution in [3.8, 4) is 0 Å². The summed E-state index contributed by atoms with van der Waals surface area (Å²) in [4.78, 5) is 15.0. The highest BCUT2D eigenvalue weighted by molar-refractivity contribution is 7.89. The Balaban J connectivity index is 1.76. The van der Waals surface area contributed by atoms with Crippen LogP contribution >= 0.6 is 0 Å². The number of nitrogens with one attached hydrogen (secondary N) is 1. The molecule has 1 aromatic rings. The smallest absolute Gasteiger partial charge is 0.243 e. The molecule has 0 aromatic heterocycles. The van der Waals surface area contributed by atoms with Gasteiger partial charge in [0.1, 0.15) is 0 Å². The van der Waals surface area contributed by atoms with E-state index < -0.39 is 10.0 Å². The van der Waals surface area contributed by atoms with E-state index in [0.29, 0.717) is 29.2 Å². The zero-order chi connectivity index (χ0) is 18.0. The largest absolute Gasteiger partial charge is 0.326 e. The lowest BCUT2D eigenvalue weighted by molar-refractivity contribution is -0.121. The van der Waals surface area contributed by atoms with Gasteiger partial charge in [-0.05, 0) is 70.4 Å². The van der Waals surface area contributed by atoms with Gasteiger partial charge in [-0.15, -0.1) is 0 Å². The maximum absolute atomic E-state index is 12.8. The number of nitrogens with zero attached hydrogens (tertiary/aromatic N) is 2. The summed E-state index contributed by atoms with van der Waals surface area (Å²) in [5.41, 5.74) is 1.27. The van der Waals surface area contributed by atoms with Gasteiger partial charge >= 0.3 is 0 Å². The van der Waals surface area contributed by atoms with Crippen LogP contribution in [0.5, 0.6) is 0 Å². The molecular formula is C18H27N3O3S. The molecule has 0 bridgehead atoms. The van der Waals surface area contributed by atoms with Crippen molar-refractivity contribution in [2.24, 2.45) is 5.92 Å². The van der Waals surface area contributed by atoms with Crippen molar-refractivity contribution in [2.45, 2.75) is 37.5 Å². The van der Waals surface area contributed by atoms with E-state index in [0.717, 1.165) is 38.8 Å². The molecule has 25 heavy (non-hydrogen) atoms. The lowest BCUT2D eigenvalue weighted by Crippen LogP contribution is -2.36. The van der Waals surface area contributed by atoms with E-state index in [-0.39, 0.29) is 11.8 Å². The van der Waals surface area contributed by atoms with Crippen LogP contribution < -0.4 is 5.32 Å². The van der Waals surface area contributed by atoms with Crippen LogP contribution in [0.15, 0.2) is 23.1 Å². The van der Waals surface area contributed by atoms with E-state index in [9.17, 15) is 13.2 Å². The molecule has 0 saturated carbocycles. The number of benzene rings is 1. The van der Waals surface area contributed by atoms with Gasteiger partial charge in [0, 0.05) is 24.7 Å². The predicted molar refractivity (Wildman–Crippen MR) is 98.0 cm³/mol. The number of rotatable bonds is 4. The SMILES string of the molecule is Cc1ccc(NC(=O)C2CCN(C)CC2)cc1S(=O)(=O)N1CCCC1. The minimum atomic E-state index is -3.48. The summed E-state index contributed by atoms with van der Waals surface area (Å²) in [6, 6.07) is 5.16. The highest BCUT2D eigenvalue weighted by atomic mass is 32.2. The normalized spacial score (nSPS) is 20.7. The molecule has 1 N–H and O–H groups in total. The Morgan fingerprint density at radius 3 is 2.40 bits per heavy atom. The number of hydrogen-bond acceptors (Lipinski definition) is 4. The molecule has 6 nitrogen and oxygen atoms in total. The van der Waals surface area contributed by atoms with Gasteiger partial charge in [-0.2, -0.15) is 4.31 Å². The van der Waals surface area contributed by atoms with Crippen LogP contribution in [0.4, 0.5) is 5.69 Å². The van der Waals surface area contributed by atoms with Gasteiger partial charge in [0.2, 0.25) is 15.9 Å². The van der Waals surface area contributed by atoms with Crippen LogP contribution in [0.2, 0.25) is 0 Å². The molecule has 0 atom stereocenters. The third-order valence-corrected chi connectivity index (χ3v) is 7.27. The first-order chi connectivity index (χ1) is 11.9. The van der Waals surface area contributed by atoms with Crippen LogP contribution in [-0.2, 0) is 14.8 Å². The third-order valence-electron chi connectivity index (χ3n) is 5.23. The van der Waals surface area contributed by atoms with Gasteiger partial charge in [-0.25, -0.2) is 8.42 Å². The molecular weight excluding hydrogens is 338 g/mol. The minimum absolute atomic E-state index is 0.00357. The Labute approximate surface area is 150 Å². The first-order valence-corrected chi connectivity index (χ1v) is 10.4. The summed E-state index contributed by atoms with van der Waals surface area (Å²) >= 11 is 0. The second-order valence-electron chi connectivity index (χ2n) is 7.16. The van der Waals surface area contributed by atoms with Crippen molar-refractivity contribution >= 4 is 21.6 Å². The summed E-state index contributed by atoms with van der Waals surface area (Å²) in [6.07, 6.45) is 3.50. The van der Waals surface area contributed by atoms with E-state index in [1.165, 1.54) is 4.31 Å².